The standard InChI is InChI=1S/C22H27F3N6/c1-3-4-6-18(22(23,24)25)21(29-14-16-9-10-16)31-15(2)30-20-8-5-7-19(17(20)13-27)28-12-11-26/h4-8,13,16,27-29H,3,9-10,12,14H2,1-2H3,(H,30,31)/b6-4+,21-18+,27-13?. The fraction of sp³-hybridized carbons (Fsp3) is 0.409. The second-order valence-electron chi connectivity index (χ2n) is 7.14. The molecule has 0 bridgehead atoms. The van der Waals surface area contributed by atoms with E-state index in [0.717, 1.165) is 25.1 Å². The van der Waals surface area contributed by atoms with E-state index in [2.05, 4.69) is 20.9 Å². The third-order valence-electron chi connectivity index (χ3n) is 4.54. The molecule has 0 spiro atoms. The summed E-state index contributed by atoms with van der Waals surface area (Å²) in [4.78, 5) is 4.21. The number of alkyl halides is 3. The zero-order valence-electron chi connectivity index (χ0n) is 17.6. The van der Waals surface area contributed by atoms with Crippen molar-refractivity contribution < 1.29 is 13.2 Å². The molecule has 0 amide bonds. The first kappa shape index (κ1) is 24.0. The summed E-state index contributed by atoms with van der Waals surface area (Å²) in [5, 5.41) is 25.2. The van der Waals surface area contributed by atoms with Gasteiger partial charge in [0, 0.05) is 24.0 Å². The van der Waals surface area contributed by atoms with E-state index in [4.69, 9.17) is 10.7 Å². The molecule has 0 atom stereocenters. The molecule has 0 heterocycles. The van der Waals surface area contributed by atoms with Crippen LogP contribution in [0.1, 0.15) is 38.7 Å². The maximum absolute atomic E-state index is 13.7. The smallest absolute Gasteiger partial charge is 0.372 e. The molecule has 0 unspecified atom stereocenters. The minimum absolute atomic E-state index is 0.0635. The molecule has 0 aliphatic heterocycles. The number of nitrogens with one attached hydrogen (secondary N) is 4. The van der Waals surface area contributed by atoms with Gasteiger partial charge in [0.15, 0.2) is 0 Å². The number of nitriles is 1. The molecule has 0 saturated heterocycles. The van der Waals surface area contributed by atoms with Crippen molar-refractivity contribution in [3.8, 4) is 6.07 Å². The maximum atomic E-state index is 13.7. The summed E-state index contributed by atoms with van der Waals surface area (Å²) >= 11 is 0. The van der Waals surface area contributed by atoms with E-state index in [-0.39, 0.29) is 18.2 Å². The highest BCUT2D eigenvalue weighted by molar-refractivity contribution is 6.02. The summed E-state index contributed by atoms with van der Waals surface area (Å²) < 4.78 is 41.1. The lowest BCUT2D eigenvalue weighted by Crippen LogP contribution is -2.24. The number of allylic oxidation sites excluding steroid dienone is 3. The molecule has 0 radical (unpaired) electrons. The largest absolute Gasteiger partial charge is 0.419 e. The first-order valence-corrected chi connectivity index (χ1v) is 10.1. The second kappa shape index (κ2) is 11.2. The fourth-order valence-electron chi connectivity index (χ4n) is 2.81. The van der Waals surface area contributed by atoms with Gasteiger partial charge in [0.25, 0.3) is 0 Å². The molecule has 166 valence electrons. The Kier molecular flexibility index (Phi) is 8.67. The molecular formula is C22H27F3N6. The first-order chi connectivity index (χ1) is 14.8. The van der Waals surface area contributed by atoms with Gasteiger partial charge in [0.1, 0.15) is 18.2 Å². The summed E-state index contributed by atoms with van der Waals surface area (Å²) in [6.07, 6.45) is 1.54. The summed E-state index contributed by atoms with van der Waals surface area (Å²) in [6.45, 7) is 3.84. The molecule has 1 aliphatic rings. The van der Waals surface area contributed by atoms with Crippen LogP contribution in [0.4, 0.5) is 24.5 Å². The average Bonchev–Trinajstić information content (AvgIpc) is 3.54. The van der Waals surface area contributed by atoms with E-state index in [1.807, 2.05) is 6.07 Å². The number of anilines is 2. The number of hydrogen-bond acceptors (Lipinski definition) is 5. The number of amidine groups is 1. The average molecular weight is 432 g/mol. The van der Waals surface area contributed by atoms with Crippen molar-refractivity contribution in [2.45, 2.75) is 39.3 Å². The lowest BCUT2D eigenvalue weighted by atomic mass is 10.1. The van der Waals surface area contributed by atoms with Gasteiger partial charge in [0.2, 0.25) is 0 Å². The highest BCUT2D eigenvalue weighted by Crippen LogP contribution is 2.32. The van der Waals surface area contributed by atoms with Crippen molar-refractivity contribution in [3.05, 3.63) is 47.3 Å². The highest BCUT2D eigenvalue weighted by Gasteiger charge is 2.35. The monoisotopic (exact) mass is 432 g/mol. The number of hydrogen-bond donors (Lipinski definition) is 4. The van der Waals surface area contributed by atoms with Crippen LogP contribution in [0.5, 0.6) is 0 Å². The highest BCUT2D eigenvalue weighted by atomic mass is 19.4. The van der Waals surface area contributed by atoms with Crippen LogP contribution in [0.15, 0.2) is 46.7 Å². The van der Waals surface area contributed by atoms with E-state index in [9.17, 15) is 13.2 Å². The van der Waals surface area contributed by atoms with Gasteiger partial charge in [-0.05, 0) is 44.2 Å². The van der Waals surface area contributed by atoms with Gasteiger partial charge in [0.05, 0.1) is 17.3 Å². The minimum Gasteiger partial charge on any atom is -0.372 e. The van der Waals surface area contributed by atoms with Gasteiger partial charge in [-0.15, -0.1) is 0 Å². The van der Waals surface area contributed by atoms with Crippen LogP contribution in [0, 0.1) is 22.7 Å². The van der Waals surface area contributed by atoms with Crippen molar-refractivity contribution in [3.63, 3.8) is 0 Å². The predicted octanol–water partition coefficient (Wildman–Crippen LogP) is 5.19. The molecule has 4 N–H and O–H groups in total. The van der Waals surface area contributed by atoms with Gasteiger partial charge < -0.3 is 21.4 Å². The van der Waals surface area contributed by atoms with Crippen LogP contribution in [-0.4, -0.2) is 31.3 Å². The Hall–Kier alpha value is -3.28. The molecule has 9 heteroatoms. The minimum atomic E-state index is -4.55. The van der Waals surface area contributed by atoms with Crippen molar-refractivity contribution in [2.75, 3.05) is 23.7 Å². The Morgan fingerprint density at radius 2 is 2.03 bits per heavy atom. The molecule has 0 aromatic heterocycles. The number of nitrogens with zero attached hydrogens (tertiary/aromatic N) is 2. The molecule has 31 heavy (non-hydrogen) atoms. The van der Waals surface area contributed by atoms with Gasteiger partial charge in [-0.3, -0.25) is 0 Å². The van der Waals surface area contributed by atoms with Gasteiger partial charge in [-0.2, -0.15) is 18.4 Å². The molecule has 1 aromatic carbocycles. The quantitative estimate of drug-likeness (QED) is 0.177. The summed E-state index contributed by atoms with van der Waals surface area (Å²) in [5.74, 6) is 0.380. The lowest BCUT2D eigenvalue weighted by Gasteiger charge is -2.17. The number of rotatable bonds is 10. The Morgan fingerprint density at radius 1 is 1.32 bits per heavy atom. The molecule has 1 saturated carbocycles. The maximum Gasteiger partial charge on any atom is 0.419 e. The van der Waals surface area contributed by atoms with E-state index in [0.29, 0.717) is 35.8 Å². The van der Waals surface area contributed by atoms with E-state index < -0.39 is 11.7 Å². The van der Waals surface area contributed by atoms with Crippen molar-refractivity contribution in [1.29, 1.82) is 10.7 Å². The second-order valence-corrected chi connectivity index (χ2v) is 7.14. The van der Waals surface area contributed by atoms with Crippen molar-refractivity contribution in [1.82, 2.24) is 5.32 Å². The molecule has 1 fully saturated rings. The predicted molar refractivity (Wildman–Crippen MR) is 118 cm³/mol. The van der Waals surface area contributed by atoms with Crippen molar-refractivity contribution in [2.24, 2.45) is 10.9 Å². The molecule has 1 aromatic rings. The Bertz CT molecular complexity index is 905. The van der Waals surface area contributed by atoms with E-state index in [1.165, 1.54) is 6.08 Å². The van der Waals surface area contributed by atoms with Crippen LogP contribution in [0.3, 0.4) is 0 Å². The SMILES string of the molecule is CC/C=C/C(=C(\N=C(C)Nc1cccc(NCC#N)c1C=N)NCC1CC1)C(F)(F)F. The Labute approximate surface area is 180 Å². The fourth-order valence-corrected chi connectivity index (χ4v) is 2.81. The third kappa shape index (κ3) is 7.48. The summed E-state index contributed by atoms with van der Waals surface area (Å²) in [7, 11) is 0. The number of aliphatic imine (C=N–C) groups is 1. The lowest BCUT2D eigenvalue weighted by molar-refractivity contribution is -0.0893. The zero-order valence-corrected chi connectivity index (χ0v) is 17.6. The molecule has 6 nitrogen and oxygen atoms in total. The van der Waals surface area contributed by atoms with Crippen LogP contribution >= 0.6 is 0 Å². The van der Waals surface area contributed by atoms with Crippen LogP contribution in [0.25, 0.3) is 0 Å². The zero-order chi connectivity index (χ0) is 22.9. The molecule has 2 rings (SSSR count). The van der Waals surface area contributed by atoms with Crippen LogP contribution in [0.2, 0.25) is 0 Å². The number of halogens is 3. The third-order valence-corrected chi connectivity index (χ3v) is 4.54. The van der Waals surface area contributed by atoms with E-state index >= 15 is 0 Å². The van der Waals surface area contributed by atoms with Gasteiger partial charge in [-0.1, -0.05) is 25.1 Å². The summed E-state index contributed by atoms with van der Waals surface area (Å²) in [5.41, 5.74) is 0.718. The summed E-state index contributed by atoms with van der Waals surface area (Å²) in [6, 6.07) is 7.10. The van der Waals surface area contributed by atoms with Crippen LogP contribution in [-0.2, 0) is 0 Å². The molecular weight excluding hydrogens is 405 g/mol. The van der Waals surface area contributed by atoms with Gasteiger partial charge >= 0.3 is 6.18 Å². The topological polar surface area (TPSA) is 96.1 Å². The Balaban J connectivity index is 2.39. The van der Waals surface area contributed by atoms with Gasteiger partial charge in [-0.25, -0.2) is 4.99 Å². The Morgan fingerprint density at radius 3 is 2.61 bits per heavy atom. The first-order valence-electron chi connectivity index (χ1n) is 10.1. The normalized spacial score (nSPS) is 15.3. The van der Waals surface area contributed by atoms with Crippen LogP contribution < -0.4 is 16.0 Å². The number of benzene rings is 1. The van der Waals surface area contributed by atoms with Crippen molar-refractivity contribution >= 4 is 23.4 Å². The van der Waals surface area contributed by atoms with E-state index in [1.54, 1.807) is 32.0 Å². The molecule has 1 aliphatic carbocycles.